The number of hydrogen-bond acceptors (Lipinski definition) is 3. The van der Waals surface area contributed by atoms with Crippen LogP contribution < -0.4 is 5.32 Å². The number of hydrogen-bond donors (Lipinski definition) is 1. The van der Waals surface area contributed by atoms with Gasteiger partial charge in [-0.3, -0.25) is 9.69 Å². The van der Waals surface area contributed by atoms with Crippen LogP contribution in [0.4, 0.5) is 4.79 Å². The maximum absolute atomic E-state index is 12.8. The Morgan fingerprint density at radius 1 is 1.00 bits per heavy atom. The quantitative estimate of drug-likeness (QED) is 0.793. The van der Waals surface area contributed by atoms with Gasteiger partial charge in [0.05, 0.1) is 0 Å². The molecule has 0 bridgehead atoms. The fraction of sp³-hybridized carbons (Fsp3) is 0.895. The Morgan fingerprint density at radius 3 is 2.12 bits per heavy atom. The Bertz CT molecular complexity index is 432. The Morgan fingerprint density at radius 2 is 1.58 bits per heavy atom. The summed E-state index contributed by atoms with van der Waals surface area (Å²) >= 11 is 0. The predicted molar refractivity (Wildman–Crippen MR) is 94.7 cm³/mol. The highest BCUT2D eigenvalue weighted by Crippen LogP contribution is 2.39. The molecule has 138 valence electrons. The standard InChI is InChI=1S/C19H34N2O3/c1-18(2,3)20-16(22)15-11-13-9-7-8-10-14(13)12-21(15)17(23)24-19(4,5)6/h13-15H,7-12H2,1-6H3,(H,20,22)/t13?,14?,15-/m0/s1. The molecular formula is C19H34N2O3. The van der Waals surface area contributed by atoms with Crippen molar-refractivity contribution in [3.05, 3.63) is 0 Å². The number of carbonyl (C=O) groups excluding carboxylic acids is 2. The van der Waals surface area contributed by atoms with Crippen molar-refractivity contribution in [1.29, 1.82) is 0 Å². The first-order valence-corrected chi connectivity index (χ1v) is 9.28. The third-order valence-corrected chi connectivity index (χ3v) is 4.83. The van der Waals surface area contributed by atoms with Crippen molar-refractivity contribution in [3.8, 4) is 0 Å². The van der Waals surface area contributed by atoms with Crippen LogP contribution in [0.2, 0.25) is 0 Å². The molecule has 5 heteroatoms. The second-order valence-corrected chi connectivity index (χ2v) is 9.43. The van der Waals surface area contributed by atoms with E-state index in [0.717, 1.165) is 12.8 Å². The lowest BCUT2D eigenvalue weighted by molar-refractivity contribution is -0.131. The molecule has 0 radical (unpaired) electrons. The summed E-state index contributed by atoms with van der Waals surface area (Å²) in [6, 6.07) is -0.418. The molecule has 1 saturated heterocycles. The third-order valence-electron chi connectivity index (χ3n) is 4.83. The topological polar surface area (TPSA) is 58.6 Å². The minimum absolute atomic E-state index is 0.0580. The molecule has 24 heavy (non-hydrogen) atoms. The molecule has 1 saturated carbocycles. The fourth-order valence-corrected chi connectivity index (χ4v) is 3.85. The van der Waals surface area contributed by atoms with Gasteiger partial charge in [0.2, 0.25) is 5.91 Å². The van der Waals surface area contributed by atoms with Crippen molar-refractivity contribution < 1.29 is 14.3 Å². The van der Waals surface area contributed by atoms with E-state index in [9.17, 15) is 9.59 Å². The fourth-order valence-electron chi connectivity index (χ4n) is 3.85. The molecule has 1 aliphatic carbocycles. The molecule has 5 nitrogen and oxygen atoms in total. The van der Waals surface area contributed by atoms with E-state index in [4.69, 9.17) is 4.74 Å². The van der Waals surface area contributed by atoms with E-state index in [1.54, 1.807) is 4.90 Å². The van der Waals surface area contributed by atoms with Gasteiger partial charge in [-0.2, -0.15) is 0 Å². The first-order valence-electron chi connectivity index (χ1n) is 9.28. The molecule has 2 amide bonds. The monoisotopic (exact) mass is 338 g/mol. The first-order chi connectivity index (χ1) is 11.0. The van der Waals surface area contributed by atoms with E-state index in [1.807, 2.05) is 41.5 Å². The SMILES string of the molecule is CC(C)(C)NC(=O)[C@@H]1CC2CCCCC2CN1C(=O)OC(C)(C)C. The lowest BCUT2D eigenvalue weighted by Gasteiger charge is -2.45. The summed E-state index contributed by atoms with van der Waals surface area (Å²) in [5.74, 6) is 0.996. The highest BCUT2D eigenvalue weighted by Gasteiger charge is 2.43. The molecule has 3 atom stereocenters. The number of fused-ring (bicyclic) bond motifs is 1. The van der Waals surface area contributed by atoms with Gasteiger partial charge in [-0.25, -0.2) is 4.79 Å². The van der Waals surface area contributed by atoms with E-state index in [1.165, 1.54) is 19.3 Å². The molecule has 2 aliphatic rings. The summed E-state index contributed by atoms with van der Waals surface area (Å²) < 4.78 is 5.57. The summed E-state index contributed by atoms with van der Waals surface area (Å²) in [4.78, 5) is 27.2. The van der Waals surface area contributed by atoms with Crippen LogP contribution in [0.25, 0.3) is 0 Å². The number of piperidine rings is 1. The number of nitrogens with one attached hydrogen (secondary N) is 1. The van der Waals surface area contributed by atoms with E-state index >= 15 is 0 Å². The van der Waals surface area contributed by atoms with Crippen LogP contribution in [0.15, 0.2) is 0 Å². The molecular weight excluding hydrogens is 304 g/mol. The zero-order valence-corrected chi connectivity index (χ0v) is 16.1. The maximum Gasteiger partial charge on any atom is 0.410 e. The Balaban J connectivity index is 2.17. The van der Waals surface area contributed by atoms with Crippen LogP contribution in [-0.2, 0) is 9.53 Å². The second-order valence-electron chi connectivity index (χ2n) is 9.43. The summed E-state index contributed by atoms with van der Waals surface area (Å²) in [5.41, 5.74) is -0.856. The van der Waals surface area contributed by atoms with Crippen LogP contribution in [0, 0.1) is 11.8 Å². The van der Waals surface area contributed by atoms with E-state index in [0.29, 0.717) is 18.4 Å². The first kappa shape index (κ1) is 19.1. The van der Waals surface area contributed by atoms with Crippen LogP contribution in [0.3, 0.4) is 0 Å². The number of likely N-dealkylation sites (tertiary alicyclic amines) is 1. The van der Waals surface area contributed by atoms with Crippen molar-refractivity contribution >= 4 is 12.0 Å². The van der Waals surface area contributed by atoms with Gasteiger partial charge in [-0.15, -0.1) is 0 Å². The van der Waals surface area contributed by atoms with Gasteiger partial charge in [-0.1, -0.05) is 19.3 Å². The molecule has 0 aromatic carbocycles. The van der Waals surface area contributed by atoms with Gasteiger partial charge in [0.15, 0.2) is 0 Å². The number of ether oxygens (including phenoxy) is 1. The van der Waals surface area contributed by atoms with Crippen molar-refractivity contribution in [3.63, 3.8) is 0 Å². The molecule has 0 aromatic rings. The number of rotatable bonds is 1. The Kier molecular flexibility index (Phi) is 5.50. The van der Waals surface area contributed by atoms with E-state index in [-0.39, 0.29) is 17.5 Å². The van der Waals surface area contributed by atoms with Crippen molar-refractivity contribution in [2.75, 3.05) is 6.54 Å². The average molecular weight is 338 g/mol. The minimum atomic E-state index is -0.550. The molecule has 1 heterocycles. The van der Waals surface area contributed by atoms with Gasteiger partial charge < -0.3 is 10.1 Å². The zero-order chi connectivity index (χ0) is 18.1. The highest BCUT2D eigenvalue weighted by molar-refractivity contribution is 5.86. The van der Waals surface area contributed by atoms with E-state index in [2.05, 4.69) is 5.32 Å². The van der Waals surface area contributed by atoms with Gasteiger partial charge in [-0.05, 0) is 66.2 Å². The van der Waals surface area contributed by atoms with Crippen molar-refractivity contribution in [2.45, 2.75) is 90.8 Å². The summed E-state index contributed by atoms with van der Waals surface area (Å²) in [6.45, 7) is 12.1. The number of carbonyl (C=O) groups is 2. The molecule has 2 fully saturated rings. The lowest BCUT2D eigenvalue weighted by atomic mass is 9.73. The molecule has 2 unspecified atom stereocenters. The number of amides is 2. The van der Waals surface area contributed by atoms with Crippen LogP contribution in [0.1, 0.15) is 73.6 Å². The molecule has 2 rings (SSSR count). The summed E-state index contributed by atoms with van der Waals surface area (Å²) in [7, 11) is 0. The number of nitrogens with zero attached hydrogens (tertiary/aromatic N) is 1. The molecule has 0 spiro atoms. The van der Waals surface area contributed by atoms with Gasteiger partial charge >= 0.3 is 6.09 Å². The molecule has 1 N–H and O–H groups in total. The van der Waals surface area contributed by atoms with Crippen LogP contribution in [-0.4, -0.2) is 40.6 Å². The van der Waals surface area contributed by atoms with Crippen LogP contribution in [0.5, 0.6) is 0 Å². The Hall–Kier alpha value is -1.26. The average Bonchev–Trinajstić information content (AvgIpc) is 2.42. The minimum Gasteiger partial charge on any atom is -0.444 e. The normalized spacial score (nSPS) is 28.1. The maximum atomic E-state index is 12.8. The van der Waals surface area contributed by atoms with Gasteiger partial charge in [0.25, 0.3) is 0 Å². The third kappa shape index (κ3) is 5.12. The molecule has 1 aliphatic heterocycles. The second kappa shape index (κ2) is 6.93. The van der Waals surface area contributed by atoms with Gasteiger partial charge in [0.1, 0.15) is 11.6 Å². The summed E-state index contributed by atoms with van der Waals surface area (Å²) in [6.07, 6.45) is 5.18. The van der Waals surface area contributed by atoms with Crippen LogP contribution >= 0.6 is 0 Å². The zero-order valence-electron chi connectivity index (χ0n) is 16.1. The lowest BCUT2D eigenvalue weighted by Crippen LogP contribution is -2.59. The van der Waals surface area contributed by atoms with E-state index < -0.39 is 11.6 Å². The summed E-state index contributed by atoms with van der Waals surface area (Å²) in [5, 5.41) is 3.04. The van der Waals surface area contributed by atoms with Gasteiger partial charge in [0, 0.05) is 12.1 Å². The van der Waals surface area contributed by atoms with Crippen molar-refractivity contribution in [2.24, 2.45) is 11.8 Å². The predicted octanol–water partition coefficient (Wildman–Crippen LogP) is 3.72. The molecule has 0 aromatic heterocycles. The smallest absolute Gasteiger partial charge is 0.410 e. The Labute approximate surface area is 146 Å². The highest BCUT2D eigenvalue weighted by atomic mass is 16.6. The largest absolute Gasteiger partial charge is 0.444 e. The van der Waals surface area contributed by atoms with Crippen molar-refractivity contribution in [1.82, 2.24) is 10.2 Å².